The van der Waals surface area contributed by atoms with E-state index < -0.39 is 10.0 Å². The molecule has 0 bridgehead atoms. The van der Waals surface area contributed by atoms with Crippen LogP contribution in [-0.2, 0) is 22.9 Å². The van der Waals surface area contributed by atoms with E-state index in [1.165, 1.54) is 0 Å². The zero-order valence-electron chi connectivity index (χ0n) is 13.0. The summed E-state index contributed by atoms with van der Waals surface area (Å²) in [4.78, 5) is 0.243. The molecule has 2 rings (SSSR count). The summed E-state index contributed by atoms with van der Waals surface area (Å²) >= 11 is 6.18. The van der Waals surface area contributed by atoms with Crippen LogP contribution >= 0.6 is 11.6 Å². The molecule has 0 heterocycles. The Morgan fingerprint density at radius 3 is 2.27 bits per heavy atom. The second-order valence-corrected chi connectivity index (χ2v) is 7.48. The van der Waals surface area contributed by atoms with Gasteiger partial charge in [0.15, 0.2) is 0 Å². The van der Waals surface area contributed by atoms with Gasteiger partial charge in [-0.1, -0.05) is 35.9 Å². The van der Waals surface area contributed by atoms with E-state index in [0.717, 1.165) is 40.1 Å². The molecule has 2 aromatic rings. The highest BCUT2D eigenvalue weighted by atomic mass is 35.5. The van der Waals surface area contributed by atoms with Gasteiger partial charge in [-0.15, -0.1) is 0 Å². The van der Waals surface area contributed by atoms with Crippen LogP contribution in [0.15, 0.2) is 35.2 Å². The van der Waals surface area contributed by atoms with Crippen molar-refractivity contribution in [3.63, 3.8) is 0 Å². The lowest BCUT2D eigenvalue weighted by Gasteiger charge is -2.16. The summed E-state index contributed by atoms with van der Waals surface area (Å²) in [6, 6.07) is 9.58. The van der Waals surface area contributed by atoms with E-state index >= 15 is 0 Å². The maximum absolute atomic E-state index is 11.8. The van der Waals surface area contributed by atoms with Crippen LogP contribution in [0.4, 0.5) is 0 Å². The van der Waals surface area contributed by atoms with Crippen LogP contribution in [0.1, 0.15) is 27.8 Å². The number of primary sulfonamides is 1. The Balaban J connectivity index is 2.42. The fraction of sp³-hybridized carbons (Fsp3) is 0.294. The Morgan fingerprint density at radius 2 is 1.68 bits per heavy atom. The summed E-state index contributed by atoms with van der Waals surface area (Å²) in [7, 11) is -3.72. The smallest absolute Gasteiger partial charge is 0.225 e. The lowest BCUT2D eigenvalue weighted by molar-refractivity contribution is 0.596. The fourth-order valence-electron chi connectivity index (χ4n) is 2.99. The second kappa shape index (κ2) is 6.41. The van der Waals surface area contributed by atoms with Gasteiger partial charge >= 0.3 is 0 Å². The molecule has 2 aromatic carbocycles. The number of aryl methyl sites for hydroxylation is 3. The van der Waals surface area contributed by atoms with Crippen LogP contribution in [0.5, 0.6) is 0 Å². The van der Waals surface area contributed by atoms with Crippen molar-refractivity contribution < 1.29 is 8.42 Å². The maximum atomic E-state index is 11.8. The molecule has 0 amide bonds. The van der Waals surface area contributed by atoms with Crippen LogP contribution in [0.3, 0.4) is 0 Å². The van der Waals surface area contributed by atoms with E-state index in [1.54, 1.807) is 6.92 Å². The Hall–Kier alpha value is -1.36. The van der Waals surface area contributed by atoms with Crippen LogP contribution in [0, 0.1) is 20.8 Å². The molecule has 0 saturated heterocycles. The molecule has 0 saturated carbocycles. The molecule has 2 N–H and O–H groups in total. The van der Waals surface area contributed by atoms with E-state index in [9.17, 15) is 8.42 Å². The van der Waals surface area contributed by atoms with Crippen LogP contribution in [0.25, 0.3) is 0 Å². The lowest BCUT2D eigenvalue weighted by atomic mass is 9.94. The zero-order chi connectivity index (χ0) is 16.5. The molecular weight excluding hydrogens is 318 g/mol. The molecular formula is C17H20ClNO2S. The minimum atomic E-state index is -3.72. The number of hydrogen-bond donors (Lipinski definition) is 1. The van der Waals surface area contributed by atoms with E-state index in [0.29, 0.717) is 5.56 Å². The molecule has 22 heavy (non-hydrogen) atoms. The molecule has 0 aliphatic carbocycles. The standard InChI is InChI=1S/C17H20ClNO2S/c1-11-10-12(2)17(22(19,20)21)13(3)15(11)9-8-14-6-4-5-7-16(14)18/h4-7,10H,8-9H2,1-3H3,(H2,19,20,21). The second-order valence-electron chi connectivity index (χ2n) is 5.58. The number of hydrogen-bond acceptors (Lipinski definition) is 2. The highest BCUT2D eigenvalue weighted by Crippen LogP contribution is 2.27. The van der Waals surface area contributed by atoms with Crippen molar-refractivity contribution in [3.8, 4) is 0 Å². The van der Waals surface area contributed by atoms with E-state index in [1.807, 2.05) is 44.2 Å². The van der Waals surface area contributed by atoms with Gasteiger partial charge in [-0.3, -0.25) is 0 Å². The van der Waals surface area contributed by atoms with E-state index in [2.05, 4.69) is 0 Å². The normalized spacial score (nSPS) is 11.7. The number of nitrogens with two attached hydrogens (primary N) is 1. The summed E-state index contributed by atoms with van der Waals surface area (Å²) in [6.45, 7) is 5.59. The third-order valence-corrected chi connectivity index (χ3v) is 5.51. The van der Waals surface area contributed by atoms with E-state index in [-0.39, 0.29) is 4.90 Å². The first-order valence-corrected chi connectivity index (χ1v) is 9.00. The molecule has 0 atom stereocenters. The Labute approximate surface area is 137 Å². The first kappa shape index (κ1) is 17.0. The third kappa shape index (κ3) is 3.51. The minimum absolute atomic E-state index is 0.243. The van der Waals surface area contributed by atoms with Crippen molar-refractivity contribution in [2.24, 2.45) is 5.14 Å². The highest BCUT2D eigenvalue weighted by molar-refractivity contribution is 7.89. The van der Waals surface area contributed by atoms with Crippen molar-refractivity contribution in [2.45, 2.75) is 38.5 Å². The predicted octanol–water partition coefficient (Wildman–Crippen LogP) is 3.70. The number of halogens is 1. The van der Waals surface area contributed by atoms with Crippen LogP contribution in [0.2, 0.25) is 5.02 Å². The third-order valence-electron chi connectivity index (χ3n) is 3.95. The fourth-order valence-corrected chi connectivity index (χ4v) is 4.28. The van der Waals surface area contributed by atoms with Gasteiger partial charge in [0.25, 0.3) is 0 Å². The zero-order valence-corrected chi connectivity index (χ0v) is 14.6. The maximum Gasteiger partial charge on any atom is 0.238 e. The van der Waals surface area contributed by atoms with Gasteiger partial charge in [0, 0.05) is 5.02 Å². The molecule has 0 radical (unpaired) electrons. The first-order chi connectivity index (χ1) is 10.2. The molecule has 118 valence electrons. The van der Waals surface area contributed by atoms with Crippen molar-refractivity contribution in [1.82, 2.24) is 0 Å². The van der Waals surface area contributed by atoms with Gasteiger partial charge in [0.05, 0.1) is 4.90 Å². The molecule has 0 aromatic heterocycles. The molecule has 0 aliphatic rings. The average Bonchev–Trinajstić information content (AvgIpc) is 2.38. The number of rotatable bonds is 4. The predicted molar refractivity (Wildman–Crippen MR) is 90.9 cm³/mol. The molecule has 0 fully saturated rings. The Kier molecular flexibility index (Phi) is 4.95. The summed E-state index contributed by atoms with van der Waals surface area (Å²) in [5.41, 5.74) is 4.59. The number of benzene rings is 2. The van der Waals surface area contributed by atoms with Crippen LogP contribution in [-0.4, -0.2) is 8.42 Å². The van der Waals surface area contributed by atoms with Crippen molar-refractivity contribution >= 4 is 21.6 Å². The highest BCUT2D eigenvalue weighted by Gasteiger charge is 2.19. The van der Waals surface area contributed by atoms with Gasteiger partial charge < -0.3 is 0 Å². The number of sulfonamides is 1. The van der Waals surface area contributed by atoms with E-state index in [4.69, 9.17) is 16.7 Å². The molecule has 0 aliphatic heterocycles. The van der Waals surface area contributed by atoms with Crippen molar-refractivity contribution in [2.75, 3.05) is 0 Å². The quantitative estimate of drug-likeness (QED) is 0.924. The topological polar surface area (TPSA) is 60.2 Å². The first-order valence-electron chi connectivity index (χ1n) is 7.07. The summed E-state index contributed by atoms with van der Waals surface area (Å²) in [6.07, 6.45) is 1.48. The van der Waals surface area contributed by atoms with Crippen LogP contribution < -0.4 is 5.14 Å². The molecule has 3 nitrogen and oxygen atoms in total. The Morgan fingerprint density at radius 1 is 1.05 bits per heavy atom. The summed E-state index contributed by atoms with van der Waals surface area (Å²) < 4.78 is 23.6. The molecule has 0 unspecified atom stereocenters. The molecule has 5 heteroatoms. The SMILES string of the molecule is Cc1cc(C)c(S(N)(=O)=O)c(C)c1CCc1ccccc1Cl. The van der Waals surface area contributed by atoms with Crippen molar-refractivity contribution in [1.29, 1.82) is 0 Å². The summed E-state index contributed by atoms with van der Waals surface area (Å²) in [5.74, 6) is 0. The minimum Gasteiger partial charge on any atom is -0.225 e. The summed E-state index contributed by atoms with van der Waals surface area (Å²) in [5, 5.41) is 6.09. The van der Waals surface area contributed by atoms with Gasteiger partial charge in [-0.05, 0) is 67.5 Å². The van der Waals surface area contributed by atoms with Gasteiger partial charge in [0.2, 0.25) is 10.0 Å². The monoisotopic (exact) mass is 337 g/mol. The van der Waals surface area contributed by atoms with Gasteiger partial charge in [0.1, 0.15) is 0 Å². The Bertz CT molecular complexity index is 814. The average molecular weight is 338 g/mol. The van der Waals surface area contributed by atoms with Crippen molar-refractivity contribution in [3.05, 3.63) is 63.2 Å². The molecule has 0 spiro atoms. The largest absolute Gasteiger partial charge is 0.238 e. The lowest BCUT2D eigenvalue weighted by Crippen LogP contribution is -2.17. The van der Waals surface area contributed by atoms with Gasteiger partial charge in [-0.2, -0.15) is 0 Å². The van der Waals surface area contributed by atoms with Gasteiger partial charge in [-0.25, -0.2) is 13.6 Å².